The van der Waals surface area contributed by atoms with E-state index in [1.807, 2.05) is 18.2 Å². The number of para-hydroxylation sites is 1. The van der Waals surface area contributed by atoms with Crippen LogP contribution in [0.15, 0.2) is 24.3 Å². The van der Waals surface area contributed by atoms with Gasteiger partial charge in [-0.3, -0.25) is 9.69 Å². The third-order valence-corrected chi connectivity index (χ3v) is 4.13. The van der Waals surface area contributed by atoms with Crippen LogP contribution in [0.2, 0.25) is 5.02 Å². The van der Waals surface area contributed by atoms with E-state index in [0.717, 1.165) is 44.8 Å². The van der Waals surface area contributed by atoms with Crippen molar-refractivity contribution in [3.05, 3.63) is 29.3 Å². The molecular formula is C15H22ClN3O. The third kappa shape index (κ3) is 4.47. The SMILES string of the molecule is NCCC1CCN(CC(=O)Nc2ccccc2Cl)CC1. The molecule has 1 aromatic rings. The molecule has 1 aliphatic heterocycles. The molecule has 1 heterocycles. The van der Waals surface area contributed by atoms with Gasteiger partial charge in [0.05, 0.1) is 17.3 Å². The smallest absolute Gasteiger partial charge is 0.238 e. The molecule has 1 aromatic carbocycles. The van der Waals surface area contributed by atoms with Crippen LogP contribution in [0.5, 0.6) is 0 Å². The molecule has 1 saturated heterocycles. The van der Waals surface area contributed by atoms with Crippen LogP contribution in [0.4, 0.5) is 5.69 Å². The van der Waals surface area contributed by atoms with Crippen LogP contribution in [-0.4, -0.2) is 37.0 Å². The summed E-state index contributed by atoms with van der Waals surface area (Å²) in [5.74, 6) is 0.721. The lowest BCUT2D eigenvalue weighted by molar-refractivity contribution is -0.117. The Kier molecular flexibility index (Phi) is 5.83. The topological polar surface area (TPSA) is 58.4 Å². The van der Waals surface area contributed by atoms with E-state index in [-0.39, 0.29) is 5.91 Å². The lowest BCUT2D eigenvalue weighted by Gasteiger charge is -2.31. The van der Waals surface area contributed by atoms with Gasteiger partial charge in [-0.2, -0.15) is 0 Å². The van der Waals surface area contributed by atoms with E-state index >= 15 is 0 Å². The number of amides is 1. The Bertz CT molecular complexity index is 444. The molecule has 0 radical (unpaired) electrons. The second-order valence-electron chi connectivity index (χ2n) is 5.32. The van der Waals surface area contributed by atoms with Gasteiger partial charge in [0.1, 0.15) is 0 Å². The summed E-state index contributed by atoms with van der Waals surface area (Å²) in [6, 6.07) is 7.29. The number of piperidine rings is 1. The zero-order chi connectivity index (χ0) is 14.4. The summed E-state index contributed by atoms with van der Waals surface area (Å²) < 4.78 is 0. The number of likely N-dealkylation sites (tertiary alicyclic amines) is 1. The second-order valence-corrected chi connectivity index (χ2v) is 5.73. The second kappa shape index (κ2) is 7.62. The van der Waals surface area contributed by atoms with E-state index in [9.17, 15) is 4.79 Å². The number of carbonyl (C=O) groups excluding carboxylic acids is 1. The summed E-state index contributed by atoms with van der Waals surface area (Å²) in [5.41, 5.74) is 6.26. The quantitative estimate of drug-likeness (QED) is 0.876. The van der Waals surface area contributed by atoms with E-state index in [1.165, 1.54) is 0 Å². The lowest BCUT2D eigenvalue weighted by atomic mass is 9.94. The van der Waals surface area contributed by atoms with Crippen molar-refractivity contribution in [1.82, 2.24) is 4.90 Å². The summed E-state index contributed by atoms with van der Waals surface area (Å²) >= 11 is 6.02. The zero-order valence-corrected chi connectivity index (χ0v) is 12.4. The Morgan fingerprint density at radius 3 is 2.70 bits per heavy atom. The predicted octanol–water partition coefficient (Wildman–Crippen LogP) is 2.34. The number of carbonyl (C=O) groups is 1. The number of hydrogen-bond acceptors (Lipinski definition) is 3. The molecule has 0 aromatic heterocycles. The van der Waals surface area contributed by atoms with Gasteiger partial charge in [-0.05, 0) is 56.9 Å². The van der Waals surface area contributed by atoms with Crippen LogP contribution in [0.1, 0.15) is 19.3 Å². The molecule has 0 aliphatic carbocycles. The highest BCUT2D eigenvalue weighted by atomic mass is 35.5. The molecule has 4 nitrogen and oxygen atoms in total. The number of hydrogen-bond donors (Lipinski definition) is 2. The minimum Gasteiger partial charge on any atom is -0.330 e. The molecule has 110 valence electrons. The van der Waals surface area contributed by atoms with Gasteiger partial charge in [0.2, 0.25) is 5.91 Å². The number of rotatable bonds is 5. The standard InChI is InChI=1S/C15H22ClN3O/c16-13-3-1-2-4-14(13)18-15(20)11-19-9-6-12(5-8-17)7-10-19/h1-4,12H,5-11,17H2,(H,18,20). The van der Waals surface area contributed by atoms with Gasteiger partial charge in [-0.15, -0.1) is 0 Å². The Morgan fingerprint density at radius 1 is 1.35 bits per heavy atom. The average Bonchev–Trinajstić information content (AvgIpc) is 2.44. The van der Waals surface area contributed by atoms with Crippen molar-refractivity contribution in [2.45, 2.75) is 19.3 Å². The molecule has 1 aliphatic rings. The molecule has 5 heteroatoms. The largest absolute Gasteiger partial charge is 0.330 e. The maximum Gasteiger partial charge on any atom is 0.238 e. The average molecular weight is 296 g/mol. The Morgan fingerprint density at radius 2 is 2.05 bits per heavy atom. The fourth-order valence-electron chi connectivity index (χ4n) is 2.62. The van der Waals surface area contributed by atoms with Crippen LogP contribution < -0.4 is 11.1 Å². The van der Waals surface area contributed by atoms with Crippen LogP contribution >= 0.6 is 11.6 Å². The minimum atomic E-state index is -0.00428. The predicted molar refractivity (Wildman–Crippen MR) is 82.9 cm³/mol. The Labute approximate surface area is 125 Å². The summed E-state index contributed by atoms with van der Waals surface area (Å²) in [6.07, 6.45) is 3.37. The molecule has 0 atom stereocenters. The van der Waals surface area contributed by atoms with Gasteiger partial charge in [-0.1, -0.05) is 23.7 Å². The van der Waals surface area contributed by atoms with E-state index in [4.69, 9.17) is 17.3 Å². The van der Waals surface area contributed by atoms with Crippen LogP contribution in [-0.2, 0) is 4.79 Å². The first-order valence-electron chi connectivity index (χ1n) is 7.16. The number of benzene rings is 1. The Hall–Kier alpha value is -1.10. The van der Waals surface area contributed by atoms with Crippen molar-refractivity contribution in [1.29, 1.82) is 0 Å². The molecule has 0 unspecified atom stereocenters. The number of halogens is 1. The fourth-order valence-corrected chi connectivity index (χ4v) is 2.81. The van der Waals surface area contributed by atoms with E-state index < -0.39 is 0 Å². The van der Waals surface area contributed by atoms with E-state index in [2.05, 4.69) is 10.2 Å². The highest BCUT2D eigenvalue weighted by Crippen LogP contribution is 2.21. The normalized spacial score (nSPS) is 17.1. The van der Waals surface area contributed by atoms with Crippen LogP contribution in [0, 0.1) is 5.92 Å². The summed E-state index contributed by atoms with van der Waals surface area (Å²) in [4.78, 5) is 14.2. The molecule has 2 rings (SSSR count). The third-order valence-electron chi connectivity index (χ3n) is 3.80. The number of nitrogens with zero attached hydrogens (tertiary/aromatic N) is 1. The minimum absolute atomic E-state index is 0.00428. The van der Waals surface area contributed by atoms with Crippen LogP contribution in [0.25, 0.3) is 0 Å². The van der Waals surface area contributed by atoms with Gasteiger partial charge in [0.25, 0.3) is 0 Å². The van der Waals surface area contributed by atoms with Crippen molar-refractivity contribution in [3.63, 3.8) is 0 Å². The number of anilines is 1. The zero-order valence-electron chi connectivity index (χ0n) is 11.6. The fraction of sp³-hybridized carbons (Fsp3) is 0.533. The number of nitrogens with two attached hydrogens (primary N) is 1. The van der Waals surface area contributed by atoms with Gasteiger partial charge in [0, 0.05) is 0 Å². The van der Waals surface area contributed by atoms with Crippen LogP contribution in [0.3, 0.4) is 0 Å². The summed E-state index contributed by atoms with van der Waals surface area (Å²) in [5, 5.41) is 3.43. The van der Waals surface area contributed by atoms with Crippen molar-refractivity contribution in [2.75, 3.05) is 31.5 Å². The van der Waals surface area contributed by atoms with Gasteiger partial charge < -0.3 is 11.1 Å². The summed E-state index contributed by atoms with van der Waals surface area (Å²) in [7, 11) is 0. The maximum absolute atomic E-state index is 12.0. The molecule has 0 spiro atoms. The van der Waals surface area contributed by atoms with Crippen molar-refractivity contribution < 1.29 is 4.79 Å². The summed E-state index contributed by atoms with van der Waals surface area (Å²) in [6.45, 7) is 3.14. The molecule has 0 saturated carbocycles. The lowest BCUT2D eigenvalue weighted by Crippen LogP contribution is -2.39. The Balaban J connectivity index is 1.77. The molecule has 1 amide bonds. The molecule has 0 bridgehead atoms. The first-order valence-corrected chi connectivity index (χ1v) is 7.53. The first-order chi connectivity index (χ1) is 9.69. The van der Waals surface area contributed by atoms with Gasteiger partial charge in [-0.25, -0.2) is 0 Å². The van der Waals surface area contributed by atoms with Crippen molar-refractivity contribution >= 4 is 23.2 Å². The van der Waals surface area contributed by atoms with E-state index in [0.29, 0.717) is 17.3 Å². The van der Waals surface area contributed by atoms with Crippen molar-refractivity contribution in [2.24, 2.45) is 11.7 Å². The highest BCUT2D eigenvalue weighted by Gasteiger charge is 2.20. The molecule has 3 N–H and O–H groups in total. The first kappa shape index (κ1) is 15.3. The molecule has 1 fully saturated rings. The van der Waals surface area contributed by atoms with Gasteiger partial charge >= 0.3 is 0 Å². The number of nitrogens with one attached hydrogen (secondary N) is 1. The molecule has 20 heavy (non-hydrogen) atoms. The van der Waals surface area contributed by atoms with E-state index in [1.54, 1.807) is 6.07 Å². The molecular weight excluding hydrogens is 274 g/mol. The maximum atomic E-state index is 12.0. The monoisotopic (exact) mass is 295 g/mol. The van der Waals surface area contributed by atoms with Gasteiger partial charge in [0.15, 0.2) is 0 Å². The highest BCUT2D eigenvalue weighted by molar-refractivity contribution is 6.33. The van der Waals surface area contributed by atoms with Crippen molar-refractivity contribution in [3.8, 4) is 0 Å².